The smallest absolute Gasteiger partial charge is 0.305 e. The van der Waals surface area contributed by atoms with E-state index in [4.69, 9.17) is 5.11 Å². The molecule has 100 valence electrons. The highest BCUT2D eigenvalue weighted by Gasteiger charge is 2.43. The molecule has 0 unspecified atom stereocenters. The largest absolute Gasteiger partial charge is 0.481 e. The van der Waals surface area contributed by atoms with Crippen LogP contribution in [0.4, 0.5) is 0 Å². The number of aliphatic carboxylic acids is 1. The predicted octanol–water partition coefficient (Wildman–Crippen LogP) is 1.56. The minimum absolute atomic E-state index is 0.0169. The van der Waals surface area contributed by atoms with Crippen LogP contribution < -0.4 is 0 Å². The van der Waals surface area contributed by atoms with Crippen LogP contribution in [0.25, 0.3) is 0 Å². The Kier molecular flexibility index (Phi) is 3.68. The Morgan fingerprint density at radius 3 is 2.17 bits per heavy atom. The average molecular weight is 253 g/mol. The molecule has 2 fully saturated rings. The summed E-state index contributed by atoms with van der Waals surface area (Å²) in [5.74, 6) is -1.35. The Morgan fingerprint density at radius 2 is 1.67 bits per heavy atom. The molecule has 1 spiro atoms. The molecule has 1 saturated carbocycles. The molecular formula is C13H19NO4. The normalized spacial score (nSPS) is 23.4. The quantitative estimate of drug-likeness (QED) is 0.774. The van der Waals surface area contributed by atoms with Crippen molar-refractivity contribution in [2.24, 2.45) is 5.41 Å². The van der Waals surface area contributed by atoms with Crippen LogP contribution in [0.1, 0.15) is 51.4 Å². The van der Waals surface area contributed by atoms with Crippen molar-refractivity contribution in [1.29, 1.82) is 0 Å². The number of hydrogen-bond donors (Lipinski definition) is 1. The number of carboxylic acids is 1. The van der Waals surface area contributed by atoms with Gasteiger partial charge in [0.15, 0.2) is 0 Å². The number of amides is 2. The fraction of sp³-hybridized carbons (Fsp3) is 0.769. The molecule has 0 aromatic carbocycles. The molecule has 2 rings (SSSR count). The summed E-state index contributed by atoms with van der Waals surface area (Å²) < 4.78 is 0. The molecule has 1 heterocycles. The van der Waals surface area contributed by atoms with Gasteiger partial charge in [0, 0.05) is 19.4 Å². The Morgan fingerprint density at radius 1 is 1.11 bits per heavy atom. The summed E-state index contributed by atoms with van der Waals surface area (Å²) in [4.78, 5) is 35.6. The number of carbonyl (C=O) groups excluding carboxylic acids is 2. The number of carbonyl (C=O) groups is 3. The van der Waals surface area contributed by atoms with Crippen molar-refractivity contribution in [2.75, 3.05) is 6.54 Å². The number of hydrogen-bond acceptors (Lipinski definition) is 3. The minimum Gasteiger partial charge on any atom is -0.481 e. The topological polar surface area (TPSA) is 74.7 Å². The zero-order valence-electron chi connectivity index (χ0n) is 10.5. The molecule has 0 bridgehead atoms. The number of piperidine rings is 1. The second-order valence-corrected chi connectivity index (χ2v) is 5.50. The summed E-state index contributed by atoms with van der Waals surface area (Å²) >= 11 is 0. The van der Waals surface area contributed by atoms with Crippen LogP contribution in [-0.2, 0) is 14.4 Å². The summed E-state index contributed by atoms with van der Waals surface area (Å²) in [5.41, 5.74) is -0.119. The summed E-state index contributed by atoms with van der Waals surface area (Å²) in [6.45, 7) is 0.0169. The van der Waals surface area contributed by atoms with Crippen LogP contribution in [0.3, 0.4) is 0 Å². The molecule has 0 atom stereocenters. The van der Waals surface area contributed by atoms with Crippen molar-refractivity contribution in [2.45, 2.75) is 51.4 Å². The number of likely N-dealkylation sites (tertiary alicyclic amines) is 1. The first-order chi connectivity index (χ1) is 8.52. The van der Waals surface area contributed by atoms with Gasteiger partial charge in [0.1, 0.15) is 0 Å². The molecule has 5 nitrogen and oxygen atoms in total. The lowest BCUT2D eigenvalue weighted by Gasteiger charge is -2.42. The number of imide groups is 1. The summed E-state index contributed by atoms with van der Waals surface area (Å²) in [5, 5.41) is 8.61. The van der Waals surface area contributed by atoms with Crippen LogP contribution in [0.15, 0.2) is 0 Å². The number of rotatable bonds is 3. The molecular weight excluding hydrogens is 234 g/mol. The molecule has 1 N–H and O–H groups in total. The average Bonchev–Trinajstić information content (AvgIpc) is 2.28. The van der Waals surface area contributed by atoms with E-state index < -0.39 is 5.97 Å². The fourth-order valence-electron chi connectivity index (χ4n) is 3.15. The number of carboxylic acid groups (broad SMARTS) is 1. The highest BCUT2D eigenvalue weighted by atomic mass is 16.4. The van der Waals surface area contributed by atoms with Crippen molar-refractivity contribution in [3.63, 3.8) is 0 Å². The first kappa shape index (κ1) is 13.1. The third kappa shape index (κ3) is 2.71. The predicted molar refractivity (Wildman–Crippen MR) is 63.7 cm³/mol. The molecule has 1 aliphatic carbocycles. The van der Waals surface area contributed by atoms with E-state index in [1.165, 1.54) is 6.42 Å². The van der Waals surface area contributed by atoms with Gasteiger partial charge in [-0.2, -0.15) is 0 Å². The molecule has 2 amide bonds. The second kappa shape index (κ2) is 5.08. The highest BCUT2D eigenvalue weighted by molar-refractivity contribution is 5.98. The van der Waals surface area contributed by atoms with E-state index >= 15 is 0 Å². The third-order valence-electron chi connectivity index (χ3n) is 4.12. The van der Waals surface area contributed by atoms with Crippen LogP contribution in [-0.4, -0.2) is 34.3 Å². The molecule has 5 heteroatoms. The van der Waals surface area contributed by atoms with Crippen LogP contribution in [0, 0.1) is 5.41 Å². The van der Waals surface area contributed by atoms with Crippen LogP contribution >= 0.6 is 0 Å². The van der Waals surface area contributed by atoms with Crippen molar-refractivity contribution in [1.82, 2.24) is 4.90 Å². The van der Waals surface area contributed by atoms with Gasteiger partial charge in [-0.05, 0) is 18.3 Å². The second-order valence-electron chi connectivity index (χ2n) is 5.50. The SMILES string of the molecule is O=C(O)CCN1C(=O)CC2(CCCCC2)CC1=O. The summed E-state index contributed by atoms with van der Waals surface area (Å²) in [7, 11) is 0. The lowest BCUT2D eigenvalue weighted by Crippen LogP contribution is -2.49. The molecule has 0 aromatic heterocycles. The van der Waals surface area contributed by atoms with Gasteiger partial charge < -0.3 is 5.11 Å². The maximum absolute atomic E-state index is 12.0. The lowest BCUT2D eigenvalue weighted by molar-refractivity contribution is -0.155. The summed E-state index contributed by atoms with van der Waals surface area (Å²) in [6, 6.07) is 0. The Labute approximate surface area is 106 Å². The van der Waals surface area contributed by atoms with E-state index in [1.807, 2.05) is 0 Å². The maximum Gasteiger partial charge on any atom is 0.305 e. The fourth-order valence-corrected chi connectivity index (χ4v) is 3.15. The molecule has 0 radical (unpaired) electrons. The monoisotopic (exact) mass is 253 g/mol. The molecule has 2 aliphatic rings. The third-order valence-corrected chi connectivity index (χ3v) is 4.12. The van der Waals surface area contributed by atoms with Crippen molar-refractivity contribution >= 4 is 17.8 Å². The molecule has 1 aliphatic heterocycles. The maximum atomic E-state index is 12.0. The highest BCUT2D eigenvalue weighted by Crippen LogP contribution is 2.45. The van der Waals surface area contributed by atoms with E-state index in [-0.39, 0.29) is 30.2 Å². The zero-order chi connectivity index (χ0) is 13.2. The van der Waals surface area contributed by atoms with Gasteiger partial charge in [0.2, 0.25) is 11.8 Å². The van der Waals surface area contributed by atoms with Crippen molar-refractivity contribution < 1.29 is 19.5 Å². The first-order valence-corrected chi connectivity index (χ1v) is 6.57. The molecule has 0 aromatic rings. The van der Waals surface area contributed by atoms with E-state index in [9.17, 15) is 14.4 Å². The van der Waals surface area contributed by atoms with Gasteiger partial charge in [-0.25, -0.2) is 0 Å². The van der Waals surface area contributed by atoms with E-state index in [1.54, 1.807) is 0 Å². The zero-order valence-corrected chi connectivity index (χ0v) is 10.5. The van der Waals surface area contributed by atoms with Crippen molar-refractivity contribution in [3.8, 4) is 0 Å². The summed E-state index contributed by atoms with van der Waals surface area (Å²) in [6.07, 6.45) is 5.95. The Hall–Kier alpha value is -1.39. The Balaban J connectivity index is 2.01. The van der Waals surface area contributed by atoms with Gasteiger partial charge in [0.05, 0.1) is 6.42 Å². The van der Waals surface area contributed by atoms with Crippen molar-refractivity contribution in [3.05, 3.63) is 0 Å². The van der Waals surface area contributed by atoms with Crippen LogP contribution in [0.5, 0.6) is 0 Å². The Bertz CT molecular complexity index is 351. The van der Waals surface area contributed by atoms with E-state index in [2.05, 4.69) is 0 Å². The molecule has 1 saturated heterocycles. The minimum atomic E-state index is -0.978. The number of nitrogens with zero attached hydrogens (tertiary/aromatic N) is 1. The van der Waals surface area contributed by atoms with Gasteiger partial charge >= 0.3 is 5.97 Å². The standard InChI is InChI=1S/C13H19NO4/c15-10-8-13(5-2-1-3-6-13)9-11(16)14(10)7-4-12(17)18/h1-9H2,(H,17,18). The van der Waals surface area contributed by atoms with Gasteiger partial charge in [-0.15, -0.1) is 0 Å². The van der Waals surface area contributed by atoms with Gasteiger partial charge in [-0.1, -0.05) is 19.3 Å². The first-order valence-electron chi connectivity index (χ1n) is 6.57. The lowest BCUT2D eigenvalue weighted by atomic mass is 9.67. The molecule has 18 heavy (non-hydrogen) atoms. The van der Waals surface area contributed by atoms with Gasteiger partial charge in [-0.3, -0.25) is 19.3 Å². The van der Waals surface area contributed by atoms with Crippen LogP contribution in [0.2, 0.25) is 0 Å². The van der Waals surface area contributed by atoms with E-state index in [0.29, 0.717) is 12.8 Å². The van der Waals surface area contributed by atoms with Gasteiger partial charge in [0.25, 0.3) is 0 Å². The van der Waals surface area contributed by atoms with E-state index in [0.717, 1.165) is 30.6 Å².